The van der Waals surface area contributed by atoms with Gasteiger partial charge in [0.2, 0.25) is 0 Å². The Kier molecular flexibility index (Phi) is 7.35. The minimum atomic E-state index is -1.30. The van der Waals surface area contributed by atoms with Gasteiger partial charge in [0.25, 0.3) is 0 Å². The molecule has 7 unspecified atom stereocenters. The molecular formula is C15H31N3O6. The van der Waals surface area contributed by atoms with Crippen LogP contribution in [0.1, 0.15) is 0 Å². The van der Waals surface area contributed by atoms with Gasteiger partial charge >= 0.3 is 0 Å². The third-order valence-corrected chi connectivity index (χ3v) is 5.01. The van der Waals surface area contributed by atoms with Gasteiger partial charge in [-0.15, -0.1) is 0 Å². The number of rotatable bonds is 6. The third-order valence-electron chi connectivity index (χ3n) is 5.01. The first kappa shape index (κ1) is 20.0. The van der Waals surface area contributed by atoms with E-state index >= 15 is 0 Å². The predicted molar refractivity (Wildman–Crippen MR) is 86.5 cm³/mol. The summed E-state index contributed by atoms with van der Waals surface area (Å²) in [6, 6.07) is -0.802. The number of methoxy groups -OCH3 is 1. The fraction of sp³-hybridized carbons (Fsp3) is 1.00. The van der Waals surface area contributed by atoms with Crippen LogP contribution >= 0.6 is 0 Å². The van der Waals surface area contributed by atoms with E-state index in [9.17, 15) is 20.4 Å². The summed E-state index contributed by atoms with van der Waals surface area (Å²) in [6.07, 6.45) is -6.60. The summed E-state index contributed by atoms with van der Waals surface area (Å²) in [4.78, 5) is 4.34. The van der Waals surface area contributed by atoms with Crippen LogP contribution in [0.15, 0.2) is 0 Å². The minimum Gasteiger partial charge on any atom is -0.389 e. The number of ether oxygens (including phenoxy) is 2. The van der Waals surface area contributed by atoms with Crippen LogP contribution in [0, 0.1) is 0 Å². The highest BCUT2D eigenvalue weighted by Gasteiger charge is 2.48. The van der Waals surface area contributed by atoms with Crippen LogP contribution < -0.4 is 5.32 Å². The van der Waals surface area contributed by atoms with Gasteiger partial charge in [-0.05, 0) is 14.1 Å². The molecule has 7 atom stereocenters. The molecule has 142 valence electrons. The van der Waals surface area contributed by atoms with Crippen molar-refractivity contribution in [3.63, 3.8) is 0 Å². The monoisotopic (exact) mass is 349 g/mol. The average Bonchev–Trinajstić information content (AvgIpc) is 2.55. The Hall–Kier alpha value is -0.360. The molecule has 24 heavy (non-hydrogen) atoms. The molecule has 2 aliphatic rings. The summed E-state index contributed by atoms with van der Waals surface area (Å²) in [6.45, 7) is 3.90. The molecule has 0 aromatic heterocycles. The van der Waals surface area contributed by atoms with E-state index < -0.39 is 42.9 Å². The van der Waals surface area contributed by atoms with Gasteiger partial charge in [0.1, 0.15) is 24.4 Å². The van der Waals surface area contributed by atoms with Gasteiger partial charge < -0.3 is 40.1 Å². The molecule has 0 aromatic carbocycles. The highest BCUT2D eigenvalue weighted by molar-refractivity contribution is 4.97. The molecule has 2 saturated heterocycles. The molecule has 0 saturated carbocycles. The molecular weight excluding hydrogens is 318 g/mol. The lowest BCUT2D eigenvalue weighted by molar-refractivity contribution is -0.277. The Morgan fingerprint density at radius 2 is 1.79 bits per heavy atom. The van der Waals surface area contributed by atoms with Crippen molar-refractivity contribution >= 4 is 0 Å². The highest BCUT2D eigenvalue weighted by atomic mass is 16.6. The SMILES string of the molecule is CNC1C(O)OC(C(OC)C(O)CN2CCN(C)CC2)C(O)C1O. The smallest absolute Gasteiger partial charge is 0.173 e. The lowest BCUT2D eigenvalue weighted by Crippen LogP contribution is -2.66. The van der Waals surface area contributed by atoms with Gasteiger partial charge in [-0.2, -0.15) is 0 Å². The van der Waals surface area contributed by atoms with Gasteiger partial charge in [0.15, 0.2) is 6.29 Å². The molecule has 2 rings (SSSR count). The first-order valence-electron chi connectivity index (χ1n) is 8.37. The maximum Gasteiger partial charge on any atom is 0.173 e. The molecule has 0 spiro atoms. The molecule has 5 N–H and O–H groups in total. The Morgan fingerprint density at radius 1 is 1.17 bits per heavy atom. The van der Waals surface area contributed by atoms with Gasteiger partial charge in [-0.1, -0.05) is 0 Å². The third kappa shape index (κ3) is 4.43. The Morgan fingerprint density at radius 3 is 2.33 bits per heavy atom. The van der Waals surface area contributed by atoms with Gasteiger partial charge in [0.05, 0.1) is 12.1 Å². The van der Waals surface area contributed by atoms with E-state index in [4.69, 9.17) is 9.47 Å². The van der Waals surface area contributed by atoms with Crippen LogP contribution in [0.5, 0.6) is 0 Å². The zero-order chi connectivity index (χ0) is 17.9. The molecule has 2 fully saturated rings. The lowest BCUT2D eigenvalue weighted by atomic mass is 9.91. The molecule has 0 aromatic rings. The minimum absolute atomic E-state index is 0.376. The summed E-state index contributed by atoms with van der Waals surface area (Å²) < 4.78 is 10.8. The number of likely N-dealkylation sites (N-methyl/N-ethyl adjacent to an activating group) is 2. The van der Waals surface area contributed by atoms with E-state index in [1.165, 1.54) is 7.11 Å². The molecule has 0 bridgehead atoms. The van der Waals surface area contributed by atoms with Crippen LogP contribution in [-0.4, -0.2) is 127 Å². The maximum atomic E-state index is 10.5. The Labute approximate surface area is 142 Å². The summed E-state index contributed by atoms with van der Waals surface area (Å²) in [5.41, 5.74) is 0. The van der Waals surface area contributed by atoms with Crippen molar-refractivity contribution in [1.29, 1.82) is 0 Å². The molecule has 2 heterocycles. The second-order valence-electron chi connectivity index (χ2n) is 6.66. The fourth-order valence-electron chi connectivity index (χ4n) is 3.40. The van der Waals surface area contributed by atoms with Crippen LogP contribution in [0.3, 0.4) is 0 Å². The summed E-state index contributed by atoms with van der Waals surface area (Å²) >= 11 is 0. The predicted octanol–water partition coefficient (Wildman–Crippen LogP) is -3.36. The Balaban J connectivity index is 1.98. The number of aliphatic hydroxyl groups excluding tert-OH is 4. The largest absolute Gasteiger partial charge is 0.389 e. The molecule has 9 heteroatoms. The van der Waals surface area contributed by atoms with Gasteiger partial charge in [-0.3, -0.25) is 4.90 Å². The van der Waals surface area contributed by atoms with E-state index in [0.29, 0.717) is 6.54 Å². The standard InChI is InChI=1S/C15H31N3O6/c1-16-10-11(20)12(21)14(24-15(10)22)13(23-3)9(19)8-18-6-4-17(2)5-7-18/h9-16,19-22H,4-8H2,1-3H3. The fourth-order valence-corrected chi connectivity index (χ4v) is 3.40. The quantitative estimate of drug-likeness (QED) is 0.335. The van der Waals surface area contributed by atoms with Crippen molar-refractivity contribution in [1.82, 2.24) is 15.1 Å². The second kappa shape index (κ2) is 8.84. The average molecular weight is 349 g/mol. The molecule has 0 amide bonds. The first-order chi connectivity index (χ1) is 11.4. The van der Waals surface area contributed by atoms with E-state index in [-0.39, 0.29) is 0 Å². The number of piperazine rings is 1. The number of aliphatic hydroxyl groups is 4. The number of hydrogen-bond acceptors (Lipinski definition) is 9. The number of nitrogens with zero attached hydrogens (tertiary/aromatic N) is 2. The highest BCUT2D eigenvalue weighted by Crippen LogP contribution is 2.25. The molecule has 0 aliphatic carbocycles. The van der Waals surface area contributed by atoms with E-state index in [1.54, 1.807) is 7.05 Å². The van der Waals surface area contributed by atoms with Crippen molar-refractivity contribution in [3.05, 3.63) is 0 Å². The van der Waals surface area contributed by atoms with Crippen LogP contribution in [0.4, 0.5) is 0 Å². The normalized spacial score (nSPS) is 38.9. The zero-order valence-corrected chi connectivity index (χ0v) is 14.6. The number of nitrogens with one attached hydrogen (secondary N) is 1. The van der Waals surface area contributed by atoms with Gasteiger partial charge in [0, 0.05) is 39.8 Å². The van der Waals surface area contributed by atoms with Crippen LogP contribution in [0.2, 0.25) is 0 Å². The zero-order valence-electron chi connectivity index (χ0n) is 14.6. The van der Waals surface area contributed by atoms with Gasteiger partial charge in [-0.25, -0.2) is 0 Å². The second-order valence-corrected chi connectivity index (χ2v) is 6.66. The van der Waals surface area contributed by atoms with Crippen LogP contribution in [-0.2, 0) is 9.47 Å². The number of β-amino-alcohol motifs (C(OH)–C–C–N with tert-alkyl or cyclic N) is 1. The van der Waals surface area contributed by atoms with Crippen molar-refractivity contribution in [2.75, 3.05) is 53.9 Å². The first-order valence-corrected chi connectivity index (χ1v) is 8.37. The molecule has 9 nitrogen and oxygen atoms in total. The van der Waals surface area contributed by atoms with Crippen molar-refractivity contribution in [2.24, 2.45) is 0 Å². The lowest BCUT2D eigenvalue weighted by Gasteiger charge is -2.44. The summed E-state index contributed by atoms with van der Waals surface area (Å²) in [5.74, 6) is 0. The van der Waals surface area contributed by atoms with Crippen molar-refractivity contribution < 1.29 is 29.9 Å². The van der Waals surface area contributed by atoms with Crippen molar-refractivity contribution in [3.8, 4) is 0 Å². The molecule has 2 aliphatic heterocycles. The summed E-state index contributed by atoms with van der Waals surface area (Å²) in [7, 11) is 5.03. The van der Waals surface area contributed by atoms with E-state index in [2.05, 4.69) is 22.2 Å². The van der Waals surface area contributed by atoms with E-state index in [1.807, 2.05) is 0 Å². The van der Waals surface area contributed by atoms with Crippen LogP contribution in [0.25, 0.3) is 0 Å². The number of hydrogen-bond donors (Lipinski definition) is 5. The summed E-state index contributed by atoms with van der Waals surface area (Å²) in [5, 5.41) is 43.7. The molecule has 0 radical (unpaired) electrons. The Bertz CT molecular complexity index is 382. The maximum absolute atomic E-state index is 10.5. The van der Waals surface area contributed by atoms with E-state index in [0.717, 1.165) is 26.2 Å². The topological polar surface area (TPSA) is 118 Å². The van der Waals surface area contributed by atoms with Crippen molar-refractivity contribution in [2.45, 2.75) is 42.9 Å².